The molecule has 1 aromatic carbocycles. The predicted molar refractivity (Wildman–Crippen MR) is 54.7 cm³/mol. The molecule has 0 aliphatic carbocycles. The van der Waals surface area contributed by atoms with Crippen molar-refractivity contribution in [3.63, 3.8) is 0 Å². The van der Waals surface area contributed by atoms with Gasteiger partial charge in [0.05, 0.1) is 5.88 Å². The van der Waals surface area contributed by atoms with E-state index in [0.717, 1.165) is 0 Å². The minimum atomic E-state index is -0.442. The van der Waals surface area contributed by atoms with E-state index in [-0.39, 0.29) is 23.5 Å². The lowest BCUT2D eigenvalue weighted by molar-refractivity contribution is 0.0985. The molecule has 4 nitrogen and oxygen atoms in total. The third-order valence-electron chi connectivity index (χ3n) is 1.88. The van der Waals surface area contributed by atoms with Gasteiger partial charge in [-0.3, -0.25) is 4.79 Å². The predicted octanol–water partition coefficient (Wildman–Crippen LogP) is 2.30. The van der Waals surface area contributed by atoms with Crippen molar-refractivity contribution in [1.82, 2.24) is 10.2 Å². The fraction of sp³-hybridized carbons (Fsp3) is 0.100. The quantitative estimate of drug-likeness (QED) is 0.610. The van der Waals surface area contributed by atoms with E-state index in [1.54, 1.807) is 0 Å². The van der Waals surface area contributed by atoms with Crippen LogP contribution in [0, 0.1) is 5.82 Å². The largest absolute Gasteiger partial charge is 0.414 e. The molecule has 6 heteroatoms. The molecule has 0 spiro atoms. The Morgan fingerprint density at radius 3 is 2.62 bits per heavy atom. The van der Waals surface area contributed by atoms with Crippen molar-refractivity contribution in [2.75, 3.05) is 5.88 Å². The molecule has 0 atom stereocenters. The van der Waals surface area contributed by atoms with Crippen LogP contribution in [0.2, 0.25) is 0 Å². The van der Waals surface area contributed by atoms with Crippen LogP contribution in [0.5, 0.6) is 0 Å². The van der Waals surface area contributed by atoms with E-state index < -0.39 is 5.78 Å². The summed E-state index contributed by atoms with van der Waals surface area (Å²) in [4.78, 5) is 11.1. The Morgan fingerprint density at radius 1 is 1.31 bits per heavy atom. The first-order chi connectivity index (χ1) is 7.70. The number of aromatic nitrogens is 2. The molecule has 0 saturated carbocycles. The summed E-state index contributed by atoms with van der Waals surface area (Å²) in [6, 6.07) is 5.50. The number of hydrogen-bond donors (Lipinski definition) is 0. The minimum Gasteiger partial charge on any atom is -0.414 e. The van der Waals surface area contributed by atoms with Crippen molar-refractivity contribution >= 4 is 17.4 Å². The van der Waals surface area contributed by atoms with Crippen molar-refractivity contribution in [3.05, 3.63) is 36.0 Å². The average molecular weight is 241 g/mol. The van der Waals surface area contributed by atoms with Gasteiger partial charge in [-0.05, 0) is 24.3 Å². The molecule has 0 amide bonds. The number of halogens is 2. The van der Waals surface area contributed by atoms with E-state index in [9.17, 15) is 9.18 Å². The summed E-state index contributed by atoms with van der Waals surface area (Å²) in [5, 5.41) is 7.21. The first kappa shape index (κ1) is 10.8. The zero-order valence-corrected chi connectivity index (χ0v) is 8.74. The number of hydrogen-bond acceptors (Lipinski definition) is 4. The Bertz CT molecular complexity index is 510. The Kier molecular flexibility index (Phi) is 2.96. The van der Waals surface area contributed by atoms with E-state index in [4.69, 9.17) is 16.0 Å². The monoisotopic (exact) mass is 240 g/mol. The smallest absolute Gasteiger partial charge is 0.285 e. The van der Waals surface area contributed by atoms with Gasteiger partial charge in [0, 0.05) is 5.56 Å². The molecule has 0 saturated heterocycles. The number of Topliss-reactive ketones (excluding diaryl/α,β-unsaturated/α-hetero) is 1. The Balaban J connectivity index is 2.31. The van der Waals surface area contributed by atoms with E-state index in [1.165, 1.54) is 24.3 Å². The lowest BCUT2D eigenvalue weighted by atomic mass is 10.2. The zero-order valence-electron chi connectivity index (χ0n) is 7.98. The van der Waals surface area contributed by atoms with Crippen LogP contribution in [0.1, 0.15) is 10.7 Å². The van der Waals surface area contributed by atoms with Gasteiger partial charge in [-0.2, -0.15) is 0 Å². The molecule has 2 aromatic rings. The highest BCUT2D eigenvalue weighted by molar-refractivity contribution is 6.29. The van der Waals surface area contributed by atoms with Crippen molar-refractivity contribution in [3.8, 4) is 11.5 Å². The number of carbonyl (C=O) groups excluding carboxylic acids is 1. The SMILES string of the molecule is O=C(CCl)c1nnc(-c2ccc(F)cc2)o1. The molecular formula is C10H6ClFN2O2. The van der Waals surface area contributed by atoms with E-state index >= 15 is 0 Å². The van der Waals surface area contributed by atoms with Crippen molar-refractivity contribution < 1.29 is 13.6 Å². The number of nitrogens with zero attached hydrogens (tertiary/aromatic N) is 2. The highest BCUT2D eigenvalue weighted by Crippen LogP contribution is 2.18. The summed E-state index contributed by atoms with van der Waals surface area (Å²) in [7, 11) is 0. The van der Waals surface area contributed by atoms with Gasteiger partial charge < -0.3 is 4.42 Å². The van der Waals surface area contributed by atoms with Crippen LogP contribution < -0.4 is 0 Å². The molecule has 0 aliphatic heterocycles. The molecule has 0 radical (unpaired) electrons. The maximum absolute atomic E-state index is 12.7. The number of benzene rings is 1. The lowest BCUT2D eigenvalue weighted by Gasteiger charge is -1.93. The first-order valence-corrected chi connectivity index (χ1v) is 4.93. The summed E-state index contributed by atoms with van der Waals surface area (Å²) in [6.07, 6.45) is 0. The average Bonchev–Trinajstić information content (AvgIpc) is 2.78. The van der Waals surface area contributed by atoms with Crippen molar-refractivity contribution in [1.29, 1.82) is 0 Å². The first-order valence-electron chi connectivity index (χ1n) is 4.39. The molecular weight excluding hydrogens is 235 g/mol. The summed E-state index contributed by atoms with van der Waals surface area (Å²) in [5.74, 6) is -1.00. The summed E-state index contributed by atoms with van der Waals surface area (Å²) in [5.41, 5.74) is 0.544. The highest BCUT2D eigenvalue weighted by Gasteiger charge is 2.14. The Labute approximate surface area is 95.1 Å². The number of ketones is 1. The molecule has 0 bridgehead atoms. The highest BCUT2D eigenvalue weighted by atomic mass is 35.5. The summed E-state index contributed by atoms with van der Waals surface area (Å²) < 4.78 is 17.7. The second-order valence-electron chi connectivity index (χ2n) is 2.98. The third-order valence-corrected chi connectivity index (χ3v) is 2.12. The number of rotatable bonds is 3. The molecule has 82 valence electrons. The van der Waals surface area contributed by atoms with Gasteiger partial charge in [0.25, 0.3) is 5.89 Å². The maximum atomic E-state index is 12.7. The van der Waals surface area contributed by atoms with Crippen LogP contribution in [-0.2, 0) is 0 Å². The van der Waals surface area contributed by atoms with E-state index in [2.05, 4.69) is 10.2 Å². The molecule has 1 aromatic heterocycles. The van der Waals surface area contributed by atoms with Crippen molar-refractivity contribution in [2.24, 2.45) is 0 Å². The second kappa shape index (κ2) is 4.40. The second-order valence-corrected chi connectivity index (χ2v) is 3.24. The van der Waals surface area contributed by atoms with Crippen LogP contribution >= 0.6 is 11.6 Å². The number of alkyl halides is 1. The lowest BCUT2D eigenvalue weighted by Crippen LogP contribution is -1.99. The molecule has 2 rings (SSSR count). The zero-order chi connectivity index (χ0) is 11.5. The van der Waals surface area contributed by atoms with Gasteiger partial charge in [0.1, 0.15) is 5.82 Å². The van der Waals surface area contributed by atoms with E-state index in [0.29, 0.717) is 5.56 Å². The van der Waals surface area contributed by atoms with Gasteiger partial charge in [-0.15, -0.1) is 21.8 Å². The third kappa shape index (κ3) is 2.09. The Hall–Kier alpha value is -1.75. The van der Waals surface area contributed by atoms with Gasteiger partial charge in [0.2, 0.25) is 11.7 Å². The summed E-state index contributed by atoms with van der Waals surface area (Å²) >= 11 is 5.34. The van der Waals surface area contributed by atoms with Gasteiger partial charge in [0.15, 0.2) is 0 Å². The molecule has 0 unspecified atom stereocenters. The fourth-order valence-electron chi connectivity index (χ4n) is 1.10. The van der Waals surface area contributed by atoms with Crippen LogP contribution in [0.4, 0.5) is 4.39 Å². The number of carbonyl (C=O) groups is 1. The normalized spacial score (nSPS) is 10.4. The topological polar surface area (TPSA) is 56.0 Å². The Morgan fingerprint density at radius 2 is 2.00 bits per heavy atom. The van der Waals surface area contributed by atoms with Crippen LogP contribution in [0.25, 0.3) is 11.5 Å². The van der Waals surface area contributed by atoms with Crippen LogP contribution in [0.3, 0.4) is 0 Å². The maximum Gasteiger partial charge on any atom is 0.285 e. The molecule has 1 heterocycles. The van der Waals surface area contributed by atoms with Gasteiger partial charge in [-0.25, -0.2) is 4.39 Å². The van der Waals surface area contributed by atoms with Crippen LogP contribution in [-0.4, -0.2) is 21.9 Å². The van der Waals surface area contributed by atoms with Gasteiger partial charge in [-0.1, -0.05) is 0 Å². The summed E-state index contributed by atoms with van der Waals surface area (Å²) in [6.45, 7) is 0. The van der Waals surface area contributed by atoms with Crippen molar-refractivity contribution in [2.45, 2.75) is 0 Å². The standard InChI is InChI=1S/C10H6ClFN2O2/c11-5-8(15)10-14-13-9(16-10)6-1-3-7(12)4-2-6/h1-4H,5H2. The molecule has 0 fully saturated rings. The molecule has 0 N–H and O–H groups in total. The van der Waals surface area contributed by atoms with Crippen LogP contribution in [0.15, 0.2) is 28.7 Å². The van der Waals surface area contributed by atoms with Gasteiger partial charge >= 0.3 is 0 Å². The minimum absolute atomic E-state index is 0.144. The van der Waals surface area contributed by atoms with E-state index in [1.807, 2.05) is 0 Å². The molecule has 0 aliphatic rings. The molecule has 16 heavy (non-hydrogen) atoms. The fourth-order valence-corrected chi connectivity index (χ4v) is 1.22.